The fourth-order valence-corrected chi connectivity index (χ4v) is 1.97. The number of rotatable bonds is 2. The van der Waals surface area contributed by atoms with Crippen LogP contribution in [0.3, 0.4) is 0 Å². The van der Waals surface area contributed by atoms with E-state index in [1.807, 2.05) is 0 Å². The Balaban J connectivity index is 2.84. The smallest absolute Gasteiger partial charge is 0.309 e. The lowest BCUT2D eigenvalue weighted by Gasteiger charge is -2.32. The van der Waals surface area contributed by atoms with Crippen molar-refractivity contribution in [2.75, 3.05) is 14.2 Å². The number of methoxy groups -OCH3 is 2. The number of hydrogen-bond acceptors (Lipinski definition) is 4. The second-order valence-electron chi connectivity index (χ2n) is 3.86. The van der Waals surface area contributed by atoms with Crippen molar-refractivity contribution in [1.82, 2.24) is 0 Å². The summed E-state index contributed by atoms with van der Waals surface area (Å²) in [6.45, 7) is 0. The molecule has 0 unspecified atom stereocenters. The first-order valence-corrected chi connectivity index (χ1v) is 4.95. The summed E-state index contributed by atoms with van der Waals surface area (Å²) in [6.07, 6.45) is -1.11. The highest BCUT2D eigenvalue weighted by Gasteiger charge is 2.48. The summed E-state index contributed by atoms with van der Waals surface area (Å²) in [5.74, 6) is -6.26. The van der Waals surface area contributed by atoms with Gasteiger partial charge in [-0.2, -0.15) is 0 Å². The summed E-state index contributed by atoms with van der Waals surface area (Å²) >= 11 is 0. The molecule has 1 aliphatic carbocycles. The maximum Gasteiger partial charge on any atom is 0.309 e. The molecule has 0 saturated heterocycles. The molecule has 0 aromatic carbocycles. The first-order valence-electron chi connectivity index (χ1n) is 4.95. The summed E-state index contributed by atoms with van der Waals surface area (Å²) in [5, 5.41) is 0. The Bertz CT molecular complexity index is 291. The van der Waals surface area contributed by atoms with E-state index in [9.17, 15) is 18.4 Å². The number of alkyl halides is 2. The molecule has 1 aliphatic rings. The molecular formula is C10H14F2O4. The van der Waals surface area contributed by atoms with Crippen molar-refractivity contribution in [1.29, 1.82) is 0 Å². The van der Waals surface area contributed by atoms with Gasteiger partial charge in [-0.15, -0.1) is 0 Å². The predicted molar refractivity (Wildman–Crippen MR) is 49.8 cm³/mol. The van der Waals surface area contributed by atoms with Gasteiger partial charge in [-0.3, -0.25) is 9.59 Å². The molecule has 0 radical (unpaired) electrons. The zero-order chi connectivity index (χ0) is 12.3. The van der Waals surface area contributed by atoms with E-state index in [4.69, 9.17) is 0 Å². The van der Waals surface area contributed by atoms with E-state index in [0.717, 1.165) is 7.11 Å². The van der Waals surface area contributed by atoms with Crippen LogP contribution >= 0.6 is 0 Å². The number of hydrogen-bond donors (Lipinski definition) is 0. The normalized spacial score (nSPS) is 28.2. The molecule has 16 heavy (non-hydrogen) atoms. The Morgan fingerprint density at radius 2 is 1.62 bits per heavy atom. The van der Waals surface area contributed by atoms with E-state index in [1.54, 1.807) is 0 Å². The molecule has 1 rings (SSSR count). The summed E-state index contributed by atoms with van der Waals surface area (Å²) in [4.78, 5) is 22.7. The van der Waals surface area contributed by atoms with Gasteiger partial charge in [0.15, 0.2) is 0 Å². The van der Waals surface area contributed by atoms with E-state index in [-0.39, 0.29) is 6.42 Å². The van der Waals surface area contributed by atoms with Gasteiger partial charge in [-0.1, -0.05) is 0 Å². The van der Waals surface area contributed by atoms with Crippen molar-refractivity contribution in [3.05, 3.63) is 0 Å². The molecule has 0 N–H and O–H groups in total. The SMILES string of the molecule is COC(=O)[C@@H]1CCC(F)(F)C[C@H]1C(=O)OC. The number of carbonyl (C=O) groups excluding carboxylic acids is 2. The minimum absolute atomic E-state index is 0.0561. The molecule has 0 heterocycles. The highest BCUT2D eigenvalue weighted by molar-refractivity contribution is 5.82. The fraction of sp³-hybridized carbons (Fsp3) is 0.800. The summed E-state index contributed by atoms with van der Waals surface area (Å²) in [5.41, 5.74) is 0. The van der Waals surface area contributed by atoms with Gasteiger partial charge in [0, 0.05) is 12.8 Å². The maximum atomic E-state index is 13.1. The van der Waals surface area contributed by atoms with Gasteiger partial charge in [0.25, 0.3) is 0 Å². The second-order valence-corrected chi connectivity index (χ2v) is 3.86. The van der Waals surface area contributed by atoms with Crippen LogP contribution in [0.1, 0.15) is 19.3 Å². The van der Waals surface area contributed by atoms with Gasteiger partial charge in [0.2, 0.25) is 5.92 Å². The maximum absolute atomic E-state index is 13.1. The Labute approximate surface area is 91.9 Å². The lowest BCUT2D eigenvalue weighted by molar-refractivity contribution is -0.168. The molecule has 0 aromatic rings. The third-order valence-corrected chi connectivity index (χ3v) is 2.83. The van der Waals surface area contributed by atoms with Crippen molar-refractivity contribution in [3.8, 4) is 0 Å². The molecule has 0 aliphatic heterocycles. The molecule has 0 amide bonds. The summed E-state index contributed by atoms with van der Waals surface area (Å²) < 4.78 is 35.2. The number of halogens is 2. The Kier molecular flexibility index (Phi) is 3.83. The molecule has 2 atom stereocenters. The van der Waals surface area contributed by atoms with E-state index in [1.165, 1.54) is 7.11 Å². The first-order chi connectivity index (χ1) is 7.41. The monoisotopic (exact) mass is 236 g/mol. The molecule has 92 valence electrons. The van der Waals surface area contributed by atoms with Crippen LogP contribution in [0.5, 0.6) is 0 Å². The standard InChI is InChI=1S/C10H14F2O4/c1-15-8(13)6-3-4-10(11,12)5-7(6)9(14)16-2/h6-7H,3-5H2,1-2H3/t6-,7-/m1/s1. The van der Waals surface area contributed by atoms with Crippen LogP contribution in [0, 0.1) is 11.8 Å². The van der Waals surface area contributed by atoms with Gasteiger partial charge in [0.05, 0.1) is 26.1 Å². The van der Waals surface area contributed by atoms with Crippen LogP contribution in [0.25, 0.3) is 0 Å². The van der Waals surface area contributed by atoms with Crippen molar-refractivity contribution in [2.45, 2.75) is 25.2 Å². The van der Waals surface area contributed by atoms with Crippen molar-refractivity contribution >= 4 is 11.9 Å². The average molecular weight is 236 g/mol. The van der Waals surface area contributed by atoms with Gasteiger partial charge in [0.1, 0.15) is 0 Å². The predicted octanol–water partition coefficient (Wildman–Crippen LogP) is 1.38. The minimum atomic E-state index is -2.91. The second kappa shape index (κ2) is 4.76. The van der Waals surface area contributed by atoms with Crippen LogP contribution in [-0.4, -0.2) is 32.1 Å². The first kappa shape index (κ1) is 12.9. The van der Waals surface area contributed by atoms with Crippen LogP contribution in [-0.2, 0) is 19.1 Å². The van der Waals surface area contributed by atoms with Crippen molar-refractivity contribution < 1.29 is 27.8 Å². The van der Waals surface area contributed by atoms with Crippen LogP contribution in [0.4, 0.5) is 8.78 Å². The quantitative estimate of drug-likeness (QED) is 0.680. The largest absolute Gasteiger partial charge is 0.469 e. The van der Waals surface area contributed by atoms with Crippen LogP contribution < -0.4 is 0 Å². The third kappa shape index (κ3) is 2.68. The number of esters is 2. The molecule has 4 nitrogen and oxygen atoms in total. The highest BCUT2D eigenvalue weighted by atomic mass is 19.3. The van der Waals surface area contributed by atoms with Crippen molar-refractivity contribution in [3.63, 3.8) is 0 Å². The lowest BCUT2D eigenvalue weighted by atomic mass is 9.77. The Morgan fingerprint density at radius 3 is 2.12 bits per heavy atom. The van der Waals surface area contributed by atoms with Gasteiger partial charge in [-0.05, 0) is 6.42 Å². The number of carbonyl (C=O) groups is 2. The van der Waals surface area contributed by atoms with E-state index < -0.39 is 42.5 Å². The molecule has 1 saturated carbocycles. The molecule has 0 aromatic heterocycles. The minimum Gasteiger partial charge on any atom is -0.469 e. The molecule has 0 spiro atoms. The van der Waals surface area contributed by atoms with E-state index >= 15 is 0 Å². The van der Waals surface area contributed by atoms with Gasteiger partial charge < -0.3 is 9.47 Å². The zero-order valence-electron chi connectivity index (χ0n) is 9.16. The van der Waals surface area contributed by atoms with E-state index in [0.29, 0.717) is 0 Å². The molecular weight excluding hydrogens is 222 g/mol. The molecule has 6 heteroatoms. The zero-order valence-corrected chi connectivity index (χ0v) is 9.16. The molecule has 1 fully saturated rings. The van der Waals surface area contributed by atoms with Crippen LogP contribution in [0.2, 0.25) is 0 Å². The summed E-state index contributed by atoms with van der Waals surface area (Å²) in [7, 11) is 2.28. The molecule has 0 bridgehead atoms. The topological polar surface area (TPSA) is 52.6 Å². The van der Waals surface area contributed by atoms with Crippen LogP contribution in [0.15, 0.2) is 0 Å². The summed E-state index contributed by atoms with van der Waals surface area (Å²) in [6, 6.07) is 0. The number of ether oxygens (including phenoxy) is 2. The lowest BCUT2D eigenvalue weighted by Crippen LogP contribution is -2.41. The average Bonchev–Trinajstić information content (AvgIpc) is 2.25. The highest BCUT2D eigenvalue weighted by Crippen LogP contribution is 2.41. The van der Waals surface area contributed by atoms with Gasteiger partial charge >= 0.3 is 11.9 Å². The Morgan fingerprint density at radius 1 is 1.12 bits per heavy atom. The fourth-order valence-electron chi connectivity index (χ4n) is 1.97. The van der Waals surface area contributed by atoms with Crippen molar-refractivity contribution in [2.24, 2.45) is 11.8 Å². The van der Waals surface area contributed by atoms with Gasteiger partial charge in [-0.25, -0.2) is 8.78 Å². The Hall–Kier alpha value is -1.20. The third-order valence-electron chi connectivity index (χ3n) is 2.83. The van der Waals surface area contributed by atoms with E-state index in [2.05, 4.69) is 9.47 Å².